The summed E-state index contributed by atoms with van der Waals surface area (Å²) in [5.74, 6) is 0.156. The molecular formula is C27H29N5O4. The van der Waals surface area contributed by atoms with Gasteiger partial charge in [-0.3, -0.25) is 25.4 Å². The van der Waals surface area contributed by atoms with E-state index in [0.717, 1.165) is 24.2 Å². The van der Waals surface area contributed by atoms with Gasteiger partial charge in [0, 0.05) is 43.3 Å². The molecule has 186 valence electrons. The average Bonchev–Trinajstić information content (AvgIpc) is 3.77. The van der Waals surface area contributed by atoms with Gasteiger partial charge in [0.1, 0.15) is 5.75 Å². The molecule has 36 heavy (non-hydrogen) atoms. The van der Waals surface area contributed by atoms with Gasteiger partial charge in [-0.25, -0.2) is 0 Å². The lowest BCUT2D eigenvalue weighted by Crippen LogP contribution is -2.42. The van der Waals surface area contributed by atoms with Crippen molar-refractivity contribution in [1.29, 1.82) is 0 Å². The standard InChI is InChI=1S/C27H29N5O4/c33-26(31-13-15-35-16-14-31)19-36-23-8-4-5-20(17-23)29-30-27(34)24-18-28-12-11-25(24)32(22-9-10-22)21-6-2-1-3-7-21/h1-8,11-12,17-18,22,29H,9-10,13-16,19H2,(H,30,34). The average molecular weight is 488 g/mol. The first-order valence-electron chi connectivity index (χ1n) is 12.1. The van der Waals surface area contributed by atoms with Gasteiger partial charge in [0.05, 0.1) is 30.2 Å². The van der Waals surface area contributed by atoms with Crippen LogP contribution in [0.1, 0.15) is 23.2 Å². The summed E-state index contributed by atoms with van der Waals surface area (Å²) in [4.78, 5) is 33.6. The molecule has 1 aliphatic heterocycles. The van der Waals surface area contributed by atoms with Gasteiger partial charge >= 0.3 is 0 Å². The number of carbonyl (C=O) groups is 2. The zero-order chi connectivity index (χ0) is 24.7. The van der Waals surface area contributed by atoms with Crippen molar-refractivity contribution in [2.45, 2.75) is 18.9 Å². The number of anilines is 3. The van der Waals surface area contributed by atoms with Gasteiger partial charge in [-0.15, -0.1) is 0 Å². The summed E-state index contributed by atoms with van der Waals surface area (Å²) < 4.78 is 11.0. The van der Waals surface area contributed by atoms with E-state index in [9.17, 15) is 9.59 Å². The number of hydrazine groups is 1. The van der Waals surface area contributed by atoms with Crippen molar-refractivity contribution in [3.63, 3.8) is 0 Å². The van der Waals surface area contributed by atoms with Gasteiger partial charge in [0.15, 0.2) is 6.61 Å². The van der Waals surface area contributed by atoms with Crippen LogP contribution in [0.2, 0.25) is 0 Å². The van der Waals surface area contributed by atoms with Crippen molar-refractivity contribution in [3.05, 3.63) is 78.6 Å². The highest BCUT2D eigenvalue weighted by Gasteiger charge is 2.32. The lowest BCUT2D eigenvalue weighted by molar-refractivity contribution is -0.137. The quantitative estimate of drug-likeness (QED) is 0.447. The molecule has 5 rings (SSSR count). The molecule has 9 nitrogen and oxygen atoms in total. The SMILES string of the molecule is O=C(NNc1cccc(OCC(=O)N2CCOCC2)c1)c1cnccc1N(c1ccccc1)C1CC1. The van der Waals surface area contributed by atoms with E-state index < -0.39 is 0 Å². The number of amides is 2. The van der Waals surface area contributed by atoms with Crippen LogP contribution >= 0.6 is 0 Å². The van der Waals surface area contributed by atoms with Gasteiger partial charge in [-0.1, -0.05) is 24.3 Å². The molecule has 0 radical (unpaired) electrons. The number of benzene rings is 2. The van der Waals surface area contributed by atoms with Crippen molar-refractivity contribution in [2.24, 2.45) is 0 Å². The smallest absolute Gasteiger partial charge is 0.273 e. The van der Waals surface area contributed by atoms with Gasteiger partial charge in [0.25, 0.3) is 11.8 Å². The Balaban J connectivity index is 1.23. The molecule has 1 aromatic heterocycles. The molecule has 2 fully saturated rings. The summed E-state index contributed by atoms with van der Waals surface area (Å²) >= 11 is 0. The molecular weight excluding hydrogens is 458 g/mol. The maximum absolute atomic E-state index is 13.2. The van der Waals surface area contributed by atoms with E-state index in [-0.39, 0.29) is 18.4 Å². The molecule has 2 aliphatic rings. The molecule has 2 N–H and O–H groups in total. The number of aromatic nitrogens is 1. The number of para-hydroxylation sites is 1. The second-order valence-electron chi connectivity index (χ2n) is 8.72. The summed E-state index contributed by atoms with van der Waals surface area (Å²) in [6.07, 6.45) is 5.45. The fourth-order valence-electron chi connectivity index (χ4n) is 4.15. The van der Waals surface area contributed by atoms with Crippen molar-refractivity contribution >= 4 is 28.9 Å². The number of nitrogens with zero attached hydrogens (tertiary/aromatic N) is 3. The largest absolute Gasteiger partial charge is 0.484 e. The molecule has 2 amide bonds. The van der Waals surface area contributed by atoms with E-state index in [1.807, 2.05) is 42.5 Å². The van der Waals surface area contributed by atoms with Gasteiger partial charge < -0.3 is 19.3 Å². The minimum atomic E-state index is -0.298. The van der Waals surface area contributed by atoms with Crippen LogP contribution in [0.4, 0.5) is 17.1 Å². The maximum atomic E-state index is 13.2. The van der Waals surface area contributed by atoms with Crippen molar-refractivity contribution in [3.8, 4) is 5.75 Å². The molecule has 2 aromatic carbocycles. The number of ether oxygens (including phenoxy) is 2. The fraction of sp³-hybridized carbons (Fsp3) is 0.296. The zero-order valence-corrected chi connectivity index (χ0v) is 19.9. The zero-order valence-electron chi connectivity index (χ0n) is 19.9. The monoisotopic (exact) mass is 487 g/mol. The van der Waals surface area contributed by atoms with Crippen LogP contribution in [0.3, 0.4) is 0 Å². The van der Waals surface area contributed by atoms with E-state index in [0.29, 0.717) is 49.3 Å². The van der Waals surface area contributed by atoms with Crippen molar-refractivity contribution in [2.75, 3.05) is 43.2 Å². The van der Waals surface area contributed by atoms with Crippen LogP contribution in [0.5, 0.6) is 5.75 Å². The van der Waals surface area contributed by atoms with Gasteiger partial charge in [-0.2, -0.15) is 0 Å². The lowest BCUT2D eigenvalue weighted by atomic mass is 10.1. The summed E-state index contributed by atoms with van der Waals surface area (Å²) in [7, 11) is 0. The minimum absolute atomic E-state index is 0.0503. The molecule has 1 saturated carbocycles. The summed E-state index contributed by atoms with van der Waals surface area (Å²) in [5.41, 5.74) is 8.68. The van der Waals surface area contributed by atoms with Crippen LogP contribution in [0.25, 0.3) is 0 Å². The molecule has 9 heteroatoms. The molecule has 3 aromatic rings. The summed E-state index contributed by atoms with van der Waals surface area (Å²) in [6, 6.07) is 19.4. The molecule has 0 unspecified atom stereocenters. The highest BCUT2D eigenvalue weighted by molar-refractivity contribution is 6.01. The van der Waals surface area contributed by atoms with Crippen LogP contribution in [-0.4, -0.2) is 60.7 Å². The van der Waals surface area contributed by atoms with Gasteiger partial charge in [0.2, 0.25) is 0 Å². The molecule has 0 spiro atoms. The number of morpholine rings is 1. The van der Waals surface area contributed by atoms with E-state index in [1.165, 1.54) is 0 Å². The molecule has 0 bridgehead atoms. The Hall–Kier alpha value is -4.11. The number of nitrogens with one attached hydrogen (secondary N) is 2. The number of pyridine rings is 1. The fourth-order valence-corrected chi connectivity index (χ4v) is 4.15. The Bertz CT molecular complexity index is 1200. The first kappa shape index (κ1) is 23.6. The highest BCUT2D eigenvalue weighted by atomic mass is 16.5. The highest BCUT2D eigenvalue weighted by Crippen LogP contribution is 2.39. The number of carbonyl (C=O) groups excluding carboxylic acids is 2. The Morgan fingerprint density at radius 1 is 1.06 bits per heavy atom. The Labute approximate surface area is 210 Å². The Morgan fingerprint density at radius 3 is 2.64 bits per heavy atom. The predicted molar refractivity (Wildman–Crippen MR) is 136 cm³/mol. The number of rotatable bonds is 9. The number of hydrogen-bond acceptors (Lipinski definition) is 7. The third-order valence-corrected chi connectivity index (χ3v) is 6.13. The van der Waals surface area contributed by atoms with Crippen LogP contribution in [-0.2, 0) is 9.53 Å². The second-order valence-corrected chi connectivity index (χ2v) is 8.72. The van der Waals surface area contributed by atoms with Crippen LogP contribution in [0, 0.1) is 0 Å². The van der Waals surface area contributed by atoms with E-state index >= 15 is 0 Å². The van der Waals surface area contributed by atoms with Crippen LogP contribution < -0.4 is 20.5 Å². The minimum Gasteiger partial charge on any atom is -0.484 e. The molecule has 2 heterocycles. The first-order chi connectivity index (χ1) is 17.7. The Kier molecular flexibility index (Phi) is 7.28. The third-order valence-electron chi connectivity index (χ3n) is 6.13. The van der Waals surface area contributed by atoms with Crippen molar-refractivity contribution in [1.82, 2.24) is 15.3 Å². The third kappa shape index (κ3) is 5.75. The van der Waals surface area contributed by atoms with E-state index in [4.69, 9.17) is 9.47 Å². The Morgan fingerprint density at radius 2 is 1.86 bits per heavy atom. The second kappa shape index (κ2) is 11.1. The lowest BCUT2D eigenvalue weighted by Gasteiger charge is -2.27. The number of hydrogen-bond donors (Lipinski definition) is 2. The summed E-state index contributed by atoms with van der Waals surface area (Å²) in [6.45, 7) is 2.20. The van der Waals surface area contributed by atoms with E-state index in [2.05, 4.69) is 20.7 Å². The van der Waals surface area contributed by atoms with Gasteiger partial charge in [-0.05, 0) is 43.2 Å². The molecule has 1 aliphatic carbocycles. The van der Waals surface area contributed by atoms with E-state index in [1.54, 1.807) is 35.5 Å². The topological polar surface area (TPSA) is 96.0 Å². The molecule has 1 saturated heterocycles. The molecule has 0 atom stereocenters. The van der Waals surface area contributed by atoms with Crippen molar-refractivity contribution < 1.29 is 19.1 Å². The normalized spacial score (nSPS) is 15.2. The van der Waals surface area contributed by atoms with Crippen LogP contribution in [0.15, 0.2) is 73.1 Å². The first-order valence-corrected chi connectivity index (χ1v) is 12.1. The predicted octanol–water partition coefficient (Wildman–Crippen LogP) is 3.38. The summed E-state index contributed by atoms with van der Waals surface area (Å²) in [5, 5.41) is 0. The maximum Gasteiger partial charge on any atom is 0.273 e.